The number of benzene rings is 2. The van der Waals surface area contributed by atoms with Crippen molar-refractivity contribution in [3.63, 3.8) is 0 Å². The molecule has 1 saturated carbocycles. The quantitative estimate of drug-likeness (QED) is 0.151. The zero-order chi connectivity index (χ0) is 26.8. The van der Waals surface area contributed by atoms with Gasteiger partial charge in [-0.15, -0.1) is 0 Å². The van der Waals surface area contributed by atoms with Gasteiger partial charge in [-0.3, -0.25) is 4.79 Å². The highest BCUT2D eigenvalue weighted by molar-refractivity contribution is 5.66. The molecule has 4 unspecified atom stereocenters. The molecule has 0 bridgehead atoms. The Labute approximate surface area is 229 Å². The monoisotopic (exact) mass is 522 g/mol. The summed E-state index contributed by atoms with van der Waals surface area (Å²) in [6.07, 6.45) is 13.7. The molecule has 0 radical (unpaired) electrons. The standard InChI is InChI=1S/C33H46O5/c1-2-3-4-7-16-23-36-33-29(21-14-5-6-15-22-32(34)35)30(37-25-27-17-10-8-11-18-27)24-31(33)38-26-28-19-12-9-13-20-28/h8-14,17-21,29-31,33H,2-7,15-16,22-26H2,1H3,(H,34,35). The molecule has 0 heterocycles. The topological polar surface area (TPSA) is 65.0 Å². The van der Waals surface area contributed by atoms with E-state index in [0.29, 0.717) is 19.6 Å². The number of carboxylic acids is 1. The molecular weight excluding hydrogens is 476 g/mol. The third kappa shape index (κ3) is 11.1. The number of hydrogen-bond donors (Lipinski definition) is 1. The first-order valence-electron chi connectivity index (χ1n) is 14.5. The fourth-order valence-corrected chi connectivity index (χ4v) is 5.05. The lowest BCUT2D eigenvalue weighted by molar-refractivity contribution is -0.137. The van der Waals surface area contributed by atoms with Gasteiger partial charge in [0.15, 0.2) is 0 Å². The molecule has 0 aliphatic heterocycles. The Hall–Kier alpha value is -2.47. The fourth-order valence-electron chi connectivity index (χ4n) is 5.05. The lowest BCUT2D eigenvalue weighted by Crippen LogP contribution is -2.32. The molecule has 208 valence electrons. The smallest absolute Gasteiger partial charge is 0.303 e. The molecule has 3 rings (SSSR count). The first-order valence-corrected chi connectivity index (χ1v) is 14.5. The van der Waals surface area contributed by atoms with E-state index in [0.717, 1.165) is 43.4 Å². The average molecular weight is 523 g/mol. The summed E-state index contributed by atoms with van der Waals surface area (Å²) in [4.78, 5) is 10.8. The van der Waals surface area contributed by atoms with Crippen LogP contribution in [0.5, 0.6) is 0 Å². The molecule has 1 fully saturated rings. The summed E-state index contributed by atoms with van der Waals surface area (Å²) in [5, 5.41) is 8.91. The molecule has 0 amide bonds. The Bertz CT molecular complexity index is 913. The van der Waals surface area contributed by atoms with Gasteiger partial charge in [-0.1, -0.05) is 105 Å². The van der Waals surface area contributed by atoms with E-state index in [1.165, 1.54) is 25.7 Å². The van der Waals surface area contributed by atoms with Crippen LogP contribution in [0.25, 0.3) is 0 Å². The maximum atomic E-state index is 10.8. The predicted molar refractivity (Wildman–Crippen MR) is 152 cm³/mol. The van der Waals surface area contributed by atoms with E-state index in [-0.39, 0.29) is 30.7 Å². The second-order valence-electron chi connectivity index (χ2n) is 10.3. The van der Waals surface area contributed by atoms with Crippen LogP contribution < -0.4 is 0 Å². The number of allylic oxidation sites excluding steroid dienone is 1. The molecule has 38 heavy (non-hydrogen) atoms. The Balaban J connectivity index is 1.67. The van der Waals surface area contributed by atoms with Gasteiger partial charge in [0.05, 0.1) is 31.5 Å². The SMILES string of the molecule is CCCCCCCOC1C(OCc2ccccc2)CC(OCc2ccccc2)C1C=CCCCCC(=O)O. The van der Waals surface area contributed by atoms with Gasteiger partial charge in [0.2, 0.25) is 0 Å². The average Bonchev–Trinajstić information content (AvgIpc) is 3.27. The van der Waals surface area contributed by atoms with E-state index in [4.69, 9.17) is 19.3 Å². The first-order chi connectivity index (χ1) is 18.7. The lowest BCUT2D eigenvalue weighted by atomic mass is 10.0. The maximum absolute atomic E-state index is 10.8. The van der Waals surface area contributed by atoms with Crippen molar-refractivity contribution >= 4 is 5.97 Å². The number of aliphatic carboxylic acids is 1. The van der Waals surface area contributed by atoms with E-state index < -0.39 is 5.97 Å². The zero-order valence-electron chi connectivity index (χ0n) is 23.0. The van der Waals surface area contributed by atoms with E-state index in [2.05, 4.69) is 43.3 Å². The van der Waals surface area contributed by atoms with Gasteiger partial charge < -0.3 is 19.3 Å². The van der Waals surface area contributed by atoms with Crippen LogP contribution in [-0.4, -0.2) is 36.0 Å². The molecular formula is C33H46O5. The van der Waals surface area contributed by atoms with Crippen molar-refractivity contribution in [1.29, 1.82) is 0 Å². The number of unbranched alkanes of at least 4 members (excludes halogenated alkanes) is 6. The normalized spacial score (nSPS) is 21.3. The van der Waals surface area contributed by atoms with Crippen molar-refractivity contribution in [1.82, 2.24) is 0 Å². The largest absolute Gasteiger partial charge is 0.481 e. The van der Waals surface area contributed by atoms with Crippen molar-refractivity contribution in [2.75, 3.05) is 6.61 Å². The van der Waals surface area contributed by atoms with Crippen molar-refractivity contribution in [3.05, 3.63) is 83.9 Å². The minimum absolute atomic E-state index is 0.00339. The van der Waals surface area contributed by atoms with E-state index >= 15 is 0 Å². The molecule has 1 aliphatic rings. The Kier molecular flexibility index (Phi) is 14.2. The van der Waals surface area contributed by atoms with Crippen LogP contribution in [0, 0.1) is 5.92 Å². The molecule has 1 N–H and O–H groups in total. The summed E-state index contributed by atoms with van der Waals surface area (Å²) in [6.45, 7) is 4.08. The summed E-state index contributed by atoms with van der Waals surface area (Å²) in [5.41, 5.74) is 2.32. The summed E-state index contributed by atoms with van der Waals surface area (Å²) in [6, 6.07) is 20.6. The molecule has 1 aliphatic carbocycles. The van der Waals surface area contributed by atoms with Gasteiger partial charge in [-0.25, -0.2) is 0 Å². The van der Waals surface area contributed by atoms with Gasteiger partial charge >= 0.3 is 5.97 Å². The van der Waals surface area contributed by atoms with Gasteiger partial charge in [0, 0.05) is 25.4 Å². The van der Waals surface area contributed by atoms with Gasteiger partial charge in [-0.2, -0.15) is 0 Å². The second kappa shape index (κ2) is 17.9. The Morgan fingerprint density at radius 1 is 0.816 bits per heavy atom. The summed E-state index contributed by atoms with van der Waals surface area (Å²) in [7, 11) is 0. The van der Waals surface area contributed by atoms with Crippen molar-refractivity contribution in [2.24, 2.45) is 5.92 Å². The molecule has 5 nitrogen and oxygen atoms in total. The van der Waals surface area contributed by atoms with Crippen molar-refractivity contribution < 1.29 is 24.1 Å². The highest BCUT2D eigenvalue weighted by atomic mass is 16.6. The van der Waals surface area contributed by atoms with Crippen LogP contribution >= 0.6 is 0 Å². The number of carbonyl (C=O) groups is 1. The van der Waals surface area contributed by atoms with Gasteiger partial charge in [0.25, 0.3) is 0 Å². The third-order valence-electron chi connectivity index (χ3n) is 7.18. The van der Waals surface area contributed by atoms with E-state index in [9.17, 15) is 4.79 Å². The summed E-state index contributed by atoms with van der Waals surface area (Å²) >= 11 is 0. The fraction of sp³-hybridized carbons (Fsp3) is 0.545. The van der Waals surface area contributed by atoms with Gasteiger partial charge in [0.1, 0.15) is 0 Å². The number of carboxylic acid groups (broad SMARTS) is 1. The predicted octanol–water partition coefficient (Wildman–Crippen LogP) is 7.73. The minimum atomic E-state index is -0.732. The summed E-state index contributed by atoms with van der Waals surface area (Å²) in [5.74, 6) is -0.639. The van der Waals surface area contributed by atoms with E-state index in [1.54, 1.807) is 0 Å². The van der Waals surface area contributed by atoms with Crippen LogP contribution in [-0.2, 0) is 32.2 Å². The van der Waals surface area contributed by atoms with Gasteiger partial charge in [-0.05, 0) is 36.8 Å². The zero-order valence-corrected chi connectivity index (χ0v) is 23.0. The van der Waals surface area contributed by atoms with Crippen molar-refractivity contribution in [2.45, 2.75) is 103 Å². The Morgan fingerprint density at radius 3 is 2.08 bits per heavy atom. The molecule has 5 heteroatoms. The Morgan fingerprint density at radius 2 is 1.45 bits per heavy atom. The molecule has 4 atom stereocenters. The number of hydrogen-bond acceptors (Lipinski definition) is 4. The van der Waals surface area contributed by atoms with Crippen LogP contribution in [0.1, 0.15) is 82.3 Å². The third-order valence-corrected chi connectivity index (χ3v) is 7.18. The molecule has 0 saturated heterocycles. The number of rotatable bonds is 19. The molecule has 2 aromatic rings. The van der Waals surface area contributed by atoms with Crippen LogP contribution in [0.15, 0.2) is 72.8 Å². The maximum Gasteiger partial charge on any atom is 0.303 e. The highest BCUT2D eigenvalue weighted by Crippen LogP contribution is 2.36. The first kappa shape index (κ1) is 30.1. The van der Waals surface area contributed by atoms with E-state index in [1.807, 2.05) is 36.4 Å². The van der Waals surface area contributed by atoms with Crippen LogP contribution in [0.3, 0.4) is 0 Å². The van der Waals surface area contributed by atoms with Crippen LogP contribution in [0.4, 0.5) is 0 Å². The summed E-state index contributed by atoms with van der Waals surface area (Å²) < 4.78 is 19.5. The molecule has 0 aromatic heterocycles. The number of ether oxygens (including phenoxy) is 3. The highest BCUT2D eigenvalue weighted by Gasteiger charge is 2.44. The van der Waals surface area contributed by atoms with Crippen molar-refractivity contribution in [3.8, 4) is 0 Å². The lowest BCUT2D eigenvalue weighted by Gasteiger charge is -2.25. The minimum Gasteiger partial charge on any atom is -0.481 e. The second-order valence-corrected chi connectivity index (χ2v) is 10.3. The molecule has 0 spiro atoms. The van der Waals surface area contributed by atoms with Crippen LogP contribution in [0.2, 0.25) is 0 Å². The molecule has 2 aromatic carbocycles.